The van der Waals surface area contributed by atoms with Gasteiger partial charge in [0, 0.05) is 6.42 Å². The van der Waals surface area contributed by atoms with Crippen LogP contribution in [0.15, 0.2) is 0 Å². The Morgan fingerprint density at radius 2 is 1.91 bits per heavy atom. The highest BCUT2D eigenvalue weighted by molar-refractivity contribution is 5.74. The summed E-state index contributed by atoms with van der Waals surface area (Å²) in [7, 11) is 0. The van der Waals surface area contributed by atoms with Crippen LogP contribution in [0.4, 0.5) is 0 Å². The number of amides is 1. The van der Waals surface area contributed by atoms with E-state index in [0.29, 0.717) is 6.42 Å². The molecule has 0 heterocycles. The minimum Gasteiger partial charge on any atom is -0.289 e. The van der Waals surface area contributed by atoms with Crippen LogP contribution in [-0.4, -0.2) is 11.1 Å². The second-order valence-corrected chi connectivity index (χ2v) is 2.70. The molecular weight excluding hydrogens is 142 g/mol. The Kier molecular flexibility index (Phi) is 7.15. The molecule has 0 radical (unpaired) electrons. The van der Waals surface area contributed by atoms with Gasteiger partial charge in [0.25, 0.3) is 0 Å². The molecule has 0 rings (SSSR count). The quantitative estimate of drug-likeness (QED) is 0.353. The summed E-state index contributed by atoms with van der Waals surface area (Å²) in [5.41, 5.74) is 1.62. The molecule has 0 aliphatic carbocycles. The van der Waals surface area contributed by atoms with Crippen molar-refractivity contribution in [3.63, 3.8) is 0 Å². The lowest BCUT2D eigenvalue weighted by Crippen LogP contribution is -2.17. The van der Waals surface area contributed by atoms with E-state index in [4.69, 9.17) is 5.21 Å². The van der Waals surface area contributed by atoms with Crippen LogP contribution in [0, 0.1) is 0 Å². The number of carbonyl (C=O) groups is 1. The van der Waals surface area contributed by atoms with Crippen LogP contribution in [-0.2, 0) is 4.79 Å². The Bertz CT molecular complexity index is 104. The van der Waals surface area contributed by atoms with Gasteiger partial charge in [0.15, 0.2) is 0 Å². The van der Waals surface area contributed by atoms with Crippen LogP contribution in [0.1, 0.15) is 45.4 Å². The van der Waals surface area contributed by atoms with Gasteiger partial charge >= 0.3 is 0 Å². The van der Waals surface area contributed by atoms with Gasteiger partial charge in [0.1, 0.15) is 0 Å². The van der Waals surface area contributed by atoms with E-state index in [2.05, 4.69) is 6.92 Å². The highest BCUT2D eigenvalue weighted by Crippen LogP contribution is 2.04. The SMILES string of the molecule is CCCCCCCC(=O)NO. The van der Waals surface area contributed by atoms with Crippen molar-refractivity contribution < 1.29 is 10.0 Å². The van der Waals surface area contributed by atoms with Crippen molar-refractivity contribution >= 4 is 5.91 Å². The Morgan fingerprint density at radius 1 is 1.27 bits per heavy atom. The van der Waals surface area contributed by atoms with Gasteiger partial charge in [-0.25, -0.2) is 5.48 Å². The second kappa shape index (κ2) is 7.54. The summed E-state index contributed by atoms with van der Waals surface area (Å²) in [6.45, 7) is 2.15. The maximum atomic E-state index is 10.5. The van der Waals surface area contributed by atoms with Gasteiger partial charge < -0.3 is 0 Å². The zero-order valence-electron chi connectivity index (χ0n) is 7.10. The first kappa shape index (κ1) is 10.4. The number of unbranched alkanes of at least 4 members (excludes halogenated alkanes) is 4. The van der Waals surface area contributed by atoms with Crippen molar-refractivity contribution in [2.24, 2.45) is 0 Å². The van der Waals surface area contributed by atoms with E-state index in [-0.39, 0.29) is 5.91 Å². The molecule has 0 aromatic rings. The molecule has 3 heteroatoms. The molecule has 0 aliphatic heterocycles. The fourth-order valence-electron chi connectivity index (χ4n) is 0.945. The lowest BCUT2D eigenvalue weighted by atomic mass is 10.1. The molecule has 0 bridgehead atoms. The van der Waals surface area contributed by atoms with Gasteiger partial charge in [-0.3, -0.25) is 10.0 Å². The molecule has 0 unspecified atom stereocenters. The Balaban J connectivity index is 2.95. The van der Waals surface area contributed by atoms with Gasteiger partial charge in [0.05, 0.1) is 0 Å². The Labute approximate surface area is 67.8 Å². The Hall–Kier alpha value is -0.570. The highest BCUT2D eigenvalue weighted by atomic mass is 16.5. The van der Waals surface area contributed by atoms with Crippen molar-refractivity contribution in [3.05, 3.63) is 0 Å². The summed E-state index contributed by atoms with van der Waals surface area (Å²) in [4.78, 5) is 10.5. The molecule has 0 aliphatic rings. The average Bonchev–Trinajstić information content (AvgIpc) is 2.04. The minimum atomic E-state index is -0.276. The van der Waals surface area contributed by atoms with Crippen LogP contribution in [0.25, 0.3) is 0 Å². The van der Waals surface area contributed by atoms with E-state index in [0.717, 1.165) is 12.8 Å². The molecule has 3 nitrogen and oxygen atoms in total. The van der Waals surface area contributed by atoms with Crippen molar-refractivity contribution in [1.29, 1.82) is 0 Å². The molecule has 11 heavy (non-hydrogen) atoms. The van der Waals surface area contributed by atoms with E-state index in [1.165, 1.54) is 19.3 Å². The lowest BCUT2D eigenvalue weighted by Gasteiger charge is -1.98. The first-order valence-electron chi connectivity index (χ1n) is 4.24. The van der Waals surface area contributed by atoms with E-state index < -0.39 is 0 Å². The maximum absolute atomic E-state index is 10.5. The van der Waals surface area contributed by atoms with Crippen LogP contribution >= 0.6 is 0 Å². The van der Waals surface area contributed by atoms with E-state index in [9.17, 15) is 4.79 Å². The summed E-state index contributed by atoms with van der Waals surface area (Å²) in [6.07, 6.45) is 6.05. The number of hydrogen-bond donors (Lipinski definition) is 2. The fraction of sp³-hybridized carbons (Fsp3) is 0.875. The van der Waals surface area contributed by atoms with Crippen molar-refractivity contribution in [3.8, 4) is 0 Å². The maximum Gasteiger partial charge on any atom is 0.243 e. The van der Waals surface area contributed by atoms with E-state index in [1.807, 2.05) is 0 Å². The molecule has 0 saturated heterocycles. The first-order chi connectivity index (χ1) is 5.31. The third kappa shape index (κ3) is 7.33. The van der Waals surface area contributed by atoms with Crippen LogP contribution in [0.5, 0.6) is 0 Å². The van der Waals surface area contributed by atoms with Gasteiger partial charge in [-0.05, 0) is 6.42 Å². The molecule has 0 atom stereocenters. The van der Waals surface area contributed by atoms with Gasteiger partial charge in [-0.15, -0.1) is 0 Å². The van der Waals surface area contributed by atoms with Crippen LogP contribution in [0.2, 0.25) is 0 Å². The standard InChI is InChI=1S/C8H17NO2/c1-2-3-4-5-6-7-8(10)9-11/h11H,2-7H2,1H3,(H,9,10). The summed E-state index contributed by atoms with van der Waals surface area (Å²) in [6, 6.07) is 0. The largest absolute Gasteiger partial charge is 0.289 e. The summed E-state index contributed by atoms with van der Waals surface area (Å²) in [5, 5.41) is 8.14. The second-order valence-electron chi connectivity index (χ2n) is 2.70. The topological polar surface area (TPSA) is 49.3 Å². The number of rotatable bonds is 6. The summed E-state index contributed by atoms with van der Waals surface area (Å²) in [5.74, 6) is -0.276. The average molecular weight is 159 g/mol. The van der Waals surface area contributed by atoms with Crippen LogP contribution in [0.3, 0.4) is 0 Å². The molecule has 0 aromatic heterocycles. The molecule has 0 aromatic carbocycles. The summed E-state index contributed by atoms with van der Waals surface area (Å²) >= 11 is 0. The van der Waals surface area contributed by atoms with Gasteiger partial charge in [-0.1, -0.05) is 32.6 Å². The monoisotopic (exact) mass is 159 g/mol. The zero-order chi connectivity index (χ0) is 8.53. The highest BCUT2D eigenvalue weighted by Gasteiger charge is 1.96. The minimum absolute atomic E-state index is 0.276. The first-order valence-corrected chi connectivity index (χ1v) is 4.24. The predicted octanol–water partition coefficient (Wildman–Crippen LogP) is 1.85. The molecule has 0 fully saturated rings. The number of carbonyl (C=O) groups excluding carboxylic acids is 1. The normalized spacial score (nSPS) is 9.64. The van der Waals surface area contributed by atoms with E-state index in [1.54, 1.807) is 5.48 Å². The zero-order valence-corrected chi connectivity index (χ0v) is 7.10. The molecule has 0 spiro atoms. The Morgan fingerprint density at radius 3 is 2.45 bits per heavy atom. The predicted molar refractivity (Wildman–Crippen MR) is 43.3 cm³/mol. The fourth-order valence-corrected chi connectivity index (χ4v) is 0.945. The molecular formula is C8H17NO2. The van der Waals surface area contributed by atoms with Crippen molar-refractivity contribution in [2.75, 3.05) is 0 Å². The van der Waals surface area contributed by atoms with Crippen molar-refractivity contribution in [2.45, 2.75) is 45.4 Å². The smallest absolute Gasteiger partial charge is 0.243 e. The third-order valence-electron chi connectivity index (χ3n) is 1.63. The molecule has 66 valence electrons. The molecule has 1 amide bonds. The van der Waals surface area contributed by atoms with Gasteiger partial charge in [-0.2, -0.15) is 0 Å². The van der Waals surface area contributed by atoms with E-state index >= 15 is 0 Å². The summed E-state index contributed by atoms with van der Waals surface area (Å²) < 4.78 is 0. The number of nitrogens with one attached hydrogen (secondary N) is 1. The van der Waals surface area contributed by atoms with Crippen molar-refractivity contribution in [1.82, 2.24) is 5.48 Å². The van der Waals surface area contributed by atoms with Crippen LogP contribution < -0.4 is 5.48 Å². The lowest BCUT2D eigenvalue weighted by molar-refractivity contribution is -0.129. The number of hydroxylamine groups is 1. The van der Waals surface area contributed by atoms with Gasteiger partial charge in [0.2, 0.25) is 5.91 Å². The molecule has 0 saturated carbocycles. The number of hydrogen-bond acceptors (Lipinski definition) is 2. The third-order valence-corrected chi connectivity index (χ3v) is 1.63. The molecule has 2 N–H and O–H groups in total.